The molecular weight excluding hydrogens is 226 g/mol. The summed E-state index contributed by atoms with van der Waals surface area (Å²) in [7, 11) is 0. The van der Waals surface area contributed by atoms with Crippen LogP contribution in [0.1, 0.15) is 11.6 Å². The Balaban J connectivity index is 1.99. The van der Waals surface area contributed by atoms with Gasteiger partial charge in [0.05, 0.1) is 17.7 Å². The molecule has 3 rings (SSSR count). The van der Waals surface area contributed by atoms with Gasteiger partial charge in [-0.3, -0.25) is 0 Å². The van der Waals surface area contributed by atoms with Crippen molar-refractivity contribution in [3.05, 3.63) is 53.3 Å². The molecule has 0 unspecified atom stereocenters. The minimum absolute atomic E-state index is 0.590. The Kier molecular flexibility index (Phi) is 2.15. The molecule has 4 nitrogen and oxygen atoms in total. The zero-order valence-electron chi connectivity index (χ0n) is 8.30. The predicted molar refractivity (Wildman–Crippen MR) is 59.5 cm³/mol. The highest BCUT2D eigenvalue weighted by Gasteiger charge is 2.06. The van der Waals surface area contributed by atoms with E-state index < -0.39 is 0 Å². The largest absolute Gasteiger partial charge is 0.469 e. The Morgan fingerprint density at radius 2 is 2.25 bits per heavy atom. The molecule has 3 heterocycles. The van der Waals surface area contributed by atoms with Gasteiger partial charge in [-0.05, 0) is 24.3 Å². The van der Waals surface area contributed by atoms with Crippen molar-refractivity contribution in [1.82, 2.24) is 14.6 Å². The molecule has 0 amide bonds. The first-order valence-electron chi connectivity index (χ1n) is 4.84. The van der Waals surface area contributed by atoms with Gasteiger partial charge in [0.2, 0.25) is 0 Å². The van der Waals surface area contributed by atoms with Gasteiger partial charge in [0.15, 0.2) is 11.5 Å². The molecule has 0 fully saturated rings. The lowest BCUT2D eigenvalue weighted by Crippen LogP contribution is -1.90. The summed E-state index contributed by atoms with van der Waals surface area (Å²) in [4.78, 5) is 4.36. The van der Waals surface area contributed by atoms with Crippen LogP contribution in [0.25, 0.3) is 5.65 Å². The van der Waals surface area contributed by atoms with Gasteiger partial charge >= 0.3 is 0 Å². The Morgan fingerprint density at radius 3 is 3.06 bits per heavy atom. The molecule has 0 aliphatic heterocycles. The molecule has 3 aromatic heterocycles. The van der Waals surface area contributed by atoms with Crippen molar-refractivity contribution in [2.75, 3.05) is 0 Å². The van der Waals surface area contributed by atoms with Gasteiger partial charge in [-0.2, -0.15) is 5.10 Å². The molecular formula is C11H8ClN3O. The van der Waals surface area contributed by atoms with Crippen LogP contribution in [0, 0.1) is 0 Å². The van der Waals surface area contributed by atoms with Crippen LogP contribution < -0.4 is 0 Å². The van der Waals surface area contributed by atoms with E-state index in [2.05, 4.69) is 10.1 Å². The third kappa shape index (κ3) is 1.67. The van der Waals surface area contributed by atoms with Crippen LogP contribution >= 0.6 is 11.6 Å². The Hall–Kier alpha value is -1.81. The van der Waals surface area contributed by atoms with E-state index in [4.69, 9.17) is 16.0 Å². The second-order valence-electron chi connectivity index (χ2n) is 3.43. The molecule has 0 aliphatic carbocycles. The molecule has 16 heavy (non-hydrogen) atoms. The first-order chi connectivity index (χ1) is 7.81. The van der Waals surface area contributed by atoms with E-state index in [0.29, 0.717) is 11.4 Å². The molecule has 0 saturated carbocycles. The van der Waals surface area contributed by atoms with E-state index >= 15 is 0 Å². The second kappa shape index (κ2) is 3.64. The van der Waals surface area contributed by atoms with Crippen LogP contribution in [0.5, 0.6) is 0 Å². The molecule has 0 saturated heterocycles. The summed E-state index contributed by atoms with van der Waals surface area (Å²) in [5.41, 5.74) is 0.783. The molecule has 0 atom stereocenters. The van der Waals surface area contributed by atoms with Gasteiger partial charge in [-0.25, -0.2) is 9.50 Å². The molecule has 0 radical (unpaired) electrons. The van der Waals surface area contributed by atoms with Gasteiger partial charge in [0.25, 0.3) is 0 Å². The van der Waals surface area contributed by atoms with E-state index in [-0.39, 0.29) is 0 Å². The SMILES string of the molecule is Clc1ccc2nc(Cc3ccco3)nn2c1. The Labute approximate surface area is 96.5 Å². The highest BCUT2D eigenvalue weighted by Crippen LogP contribution is 2.11. The van der Waals surface area contributed by atoms with Crippen molar-refractivity contribution < 1.29 is 4.42 Å². The Bertz CT molecular complexity index is 615. The number of aromatic nitrogens is 3. The fourth-order valence-electron chi connectivity index (χ4n) is 1.55. The first-order valence-corrected chi connectivity index (χ1v) is 5.22. The van der Waals surface area contributed by atoms with E-state index in [9.17, 15) is 0 Å². The summed E-state index contributed by atoms with van der Waals surface area (Å²) in [6.07, 6.45) is 3.96. The standard InChI is InChI=1S/C11H8ClN3O/c12-8-3-4-11-13-10(14-15(11)7-8)6-9-2-1-5-16-9/h1-5,7H,6H2. The van der Waals surface area contributed by atoms with E-state index in [1.165, 1.54) is 0 Å². The normalized spacial score (nSPS) is 11.1. The zero-order chi connectivity index (χ0) is 11.0. The number of halogens is 1. The van der Waals surface area contributed by atoms with Gasteiger partial charge in [0, 0.05) is 6.20 Å². The number of nitrogens with zero attached hydrogens (tertiary/aromatic N) is 3. The summed E-state index contributed by atoms with van der Waals surface area (Å²) < 4.78 is 6.91. The predicted octanol–water partition coefficient (Wildman–Crippen LogP) is 2.57. The maximum Gasteiger partial charge on any atom is 0.159 e. The quantitative estimate of drug-likeness (QED) is 0.683. The zero-order valence-corrected chi connectivity index (χ0v) is 9.05. The van der Waals surface area contributed by atoms with E-state index in [1.54, 1.807) is 23.0 Å². The molecule has 80 valence electrons. The fourth-order valence-corrected chi connectivity index (χ4v) is 1.70. The van der Waals surface area contributed by atoms with Gasteiger partial charge in [0.1, 0.15) is 5.76 Å². The van der Waals surface area contributed by atoms with Crippen LogP contribution in [0.15, 0.2) is 41.1 Å². The fraction of sp³-hybridized carbons (Fsp3) is 0.0909. The molecule has 0 aromatic carbocycles. The topological polar surface area (TPSA) is 43.3 Å². The summed E-state index contributed by atoms with van der Waals surface area (Å²) in [6, 6.07) is 7.38. The number of rotatable bonds is 2. The van der Waals surface area contributed by atoms with Crippen molar-refractivity contribution in [1.29, 1.82) is 0 Å². The van der Waals surface area contributed by atoms with Gasteiger partial charge in [-0.15, -0.1) is 0 Å². The summed E-state index contributed by atoms with van der Waals surface area (Å²) in [5.74, 6) is 1.57. The monoisotopic (exact) mass is 233 g/mol. The maximum absolute atomic E-state index is 5.86. The van der Waals surface area contributed by atoms with Crippen molar-refractivity contribution in [2.24, 2.45) is 0 Å². The third-order valence-electron chi connectivity index (χ3n) is 2.25. The summed E-state index contributed by atoms with van der Waals surface area (Å²) in [5, 5.41) is 4.95. The lowest BCUT2D eigenvalue weighted by atomic mass is 10.3. The number of furan rings is 1. The van der Waals surface area contributed by atoms with Crippen molar-refractivity contribution in [2.45, 2.75) is 6.42 Å². The van der Waals surface area contributed by atoms with Gasteiger partial charge < -0.3 is 4.42 Å². The molecule has 0 bridgehead atoms. The number of pyridine rings is 1. The van der Waals surface area contributed by atoms with Crippen LogP contribution in [0.4, 0.5) is 0 Å². The molecule has 0 aliphatic rings. The first kappa shape index (κ1) is 9.42. The average Bonchev–Trinajstić information content (AvgIpc) is 2.86. The highest BCUT2D eigenvalue weighted by molar-refractivity contribution is 6.30. The Morgan fingerprint density at radius 1 is 1.31 bits per heavy atom. The van der Waals surface area contributed by atoms with Crippen molar-refractivity contribution >= 4 is 17.2 Å². The highest BCUT2D eigenvalue weighted by atomic mass is 35.5. The van der Waals surface area contributed by atoms with E-state index in [1.807, 2.05) is 18.2 Å². The number of hydrogen-bond acceptors (Lipinski definition) is 3. The van der Waals surface area contributed by atoms with E-state index in [0.717, 1.165) is 17.2 Å². The van der Waals surface area contributed by atoms with Crippen LogP contribution in [-0.2, 0) is 6.42 Å². The van der Waals surface area contributed by atoms with Crippen LogP contribution in [0.3, 0.4) is 0 Å². The van der Waals surface area contributed by atoms with Crippen LogP contribution in [-0.4, -0.2) is 14.6 Å². The minimum Gasteiger partial charge on any atom is -0.469 e. The number of hydrogen-bond donors (Lipinski definition) is 0. The minimum atomic E-state index is 0.590. The van der Waals surface area contributed by atoms with Gasteiger partial charge in [-0.1, -0.05) is 11.6 Å². The van der Waals surface area contributed by atoms with Crippen LogP contribution in [0.2, 0.25) is 5.02 Å². The maximum atomic E-state index is 5.86. The van der Waals surface area contributed by atoms with Crippen molar-refractivity contribution in [3.63, 3.8) is 0 Å². The lowest BCUT2D eigenvalue weighted by molar-refractivity contribution is 0.517. The third-order valence-corrected chi connectivity index (χ3v) is 2.47. The molecule has 5 heteroatoms. The number of fused-ring (bicyclic) bond motifs is 1. The molecule has 0 N–H and O–H groups in total. The summed E-state index contributed by atoms with van der Waals surface area (Å²) in [6.45, 7) is 0. The average molecular weight is 234 g/mol. The lowest BCUT2D eigenvalue weighted by Gasteiger charge is -1.90. The molecule has 3 aromatic rings. The molecule has 0 spiro atoms. The smallest absolute Gasteiger partial charge is 0.159 e. The summed E-state index contributed by atoms with van der Waals surface area (Å²) >= 11 is 5.86. The van der Waals surface area contributed by atoms with Crippen molar-refractivity contribution in [3.8, 4) is 0 Å². The second-order valence-corrected chi connectivity index (χ2v) is 3.87.